The zero-order chi connectivity index (χ0) is 15.6. The average molecular weight is 293 g/mol. The number of nitrogen functional groups attached to an aromatic ring is 1. The molecule has 0 spiro atoms. The van der Waals surface area contributed by atoms with Crippen LogP contribution in [0.25, 0.3) is 11.1 Å². The van der Waals surface area contributed by atoms with Crippen LogP contribution < -0.4 is 10.5 Å². The number of aromatic nitrogens is 1. The smallest absolute Gasteiger partial charge is 0.416 e. The van der Waals surface area contributed by atoms with E-state index in [2.05, 4.69) is 4.98 Å². The average Bonchev–Trinajstić information content (AvgIpc) is 2.45. The number of nitriles is 1. The molecule has 0 amide bonds. The molecule has 2 rings (SSSR count). The SMILES string of the molecule is COc1cc(-c2cc(C(F)(F)F)ccc2N)cnc1C#N. The first-order chi connectivity index (χ1) is 9.86. The Balaban J connectivity index is 2.59. The van der Waals surface area contributed by atoms with Crippen LogP contribution in [-0.4, -0.2) is 12.1 Å². The molecule has 2 N–H and O–H groups in total. The summed E-state index contributed by atoms with van der Waals surface area (Å²) in [5.74, 6) is 0.173. The maximum atomic E-state index is 12.8. The number of hydrogen-bond donors (Lipinski definition) is 1. The van der Waals surface area contributed by atoms with Gasteiger partial charge in [-0.1, -0.05) is 0 Å². The molecule has 0 fully saturated rings. The summed E-state index contributed by atoms with van der Waals surface area (Å²) in [5.41, 5.74) is 5.66. The van der Waals surface area contributed by atoms with Crippen molar-refractivity contribution in [3.63, 3.8) is 0 Å². The molecule has 0 atom stereocenters. The van der Waals surface area contributed by atoms with E-state index >= 15 is 0 Å². The summed E-state index contributed by atoms with van der Waals surface area (Å²) in [6, 6.07) is 6.29. The number of anilines is 1. The minimum absolute atomic E-state index is 0.0480. The monoisotopic (exact) mass is 293 g/mol. The number of ether oxygens (including phenoxy) is 1. The molecule has 4 nitrogen and oxygen atoms in total. The molecule has 7 heteroatoms. The van der Waals surface area contributed by atoms with Gasteiger partial charge in [-0.2, -0.15) is 18.4 Å². The van der Waals surface area contributed by atoms with Crippen molar-refractivity contribution >= 4 is 5.69 Å². The lowest BCUT2D eigenvalue weighted by molar-refractivity contribution is -0.137. The molecule has 21 heavy (non-hydrogen) atoms. The van der Waals surface area contributed by atoms with E-state index in [1.807, 2.05) is 6.07 Å². The normalized spacial score (nSPS) is 11.0. The van der Waals surface area contributed by atoms with Gasteiger partial charge in [-0.05, 0) is 24.3 Å². The summed E-state index contributed by atoms with van der Waals surface area (Å²) < 4.78 is 43.3. The van der Waals surface area contributed by atoms with Gasteiger partial charge in [0.25, 0.3) is 0 Å². The van der Waals surface area contributed by atoms with Crippen molar-refractivity contribution in [3.05, 3.63) is 41.7 Å². The molecule has 0 radical (unpaired) electrons. The number of halogens is 3. The van der Waals surface area contributed by atoms with Crippen molar-refractivity contribution < 1.29 is 17.9 Å². The van der Waals surface area contributed by atoms with Crippen LogP contribution in [0.2, 0.25) is 0 Å². The fourth-order valence-electron chi connectivity index (χ4n) is 1.81. The minimum Gasteiger partial charge on any atom is -0.494 e. The molecule has 0 aliphatic carbocycles. The number of nitrogens with two attached hydrogens (primary N) is 1. The number of nitrogens with zero attached hydrogens (tertiary/aromatic N) is 2. The summed E-state index contributed by atoms with van der Waals surface area (Å²) in [6.07, 6.45) is -3.18. The quantitative estimate of drug-likeness (QED) is 0.863. The second-order valence-corrected chi connectivity index (χ2v) is 4.19. The van der Waals surface area contributed by atoms with Crippen molar-refractivity contribution in [1.29, 1.82) is 5.26 Å². The maximum Gasteiger partial charge on any atom is 0.416 e. The third kappa shape index (κ3) is 2.89. The molecule has 0 saturated carbocycles. The van der Waals surface area contributed by atoms with E-state index in [0.717, 1.165) is 12.1 Å². The Morgan fingerprint density at radius 2 is 2.00 bits per heavy atom. The van der Waals surface area contributed by atoms with Gasteiger partial charge in [0.15, 0.2) is 11.4 Å². The fourth-order valence-corrected chi connectivity index (χ4v) is 1.81. The topological polar surface area (TPSA) is 71.9 Å². The largest absolute Gasteiger partial charge is 0.494 e. The third-order valence-electron chi connectivity index (χ3n) is 2.87. The molecule has 1 heterocycles. The molecular weight excluding hydrogens is 283 g/mol. The Kier molecular flexibility index (Phi) is 3.72. The summed E-state index contributed by atoms with van der Waals surface area (Å²) in [7, 11) is 1.34. The van der Waals surface area contributed by atoms with Crippen molar-refractivity contribution in [2.75, 3.05) is 12.8 Å². The maximum absolute atomic E-state index is 12.8. The molecule has 0 aliphatic rings. The molecular formula is C14H10F3N3O. The van der Waals surface area contributed by atoms with Crippen LogP contribution in [0, 0.1) is 11.3 Å². The zero-order valence-electron chi connectivity index (χ0n) is 10.9. The Bertz CT molecular complexity index is 720. The third-order valence-corrected chi connectivity index (χ3v) is 2.87. The molecule has 2 aromatic rings. The minimum atomic E-state index is -4.47. The van der Waals surface area contributed by atoms with E-state index in [1.54, 1.807) is 0 Å². The van der Waals surface area contributed by atoms with Gasteiger partial charge >= 0.3 is 6.18 Å². The van der Waals surface area contributed by atoms with Gasteiger partial charge in [0, 0.05) is 23.0 Å². The van der Waals surface area contributed by atoms with Crippen molar-refractivity contribution in [2.24, 2.45) is 0 Å². The first kappa shape index (κ1) is 14.7. The number of pyridine rings is 1. The van der Waals surface area contributed by atoms with Crippen LogP contribution in [0.1, 0.15) is 11.3 Å². The molecule has 0 aliphatic heterocycles. The van der Waals surface area contributed by atoms with Crippen LogP contribution in [0.15, 0.2) is 30.5 Å². The van der Waals surface area contributed by atoms with E-state index in [-0.39, 0.29) is 22.7 Å². The zero-order valence-corrected chi connectivity index (χ0v) is 10.9. The van der Waals surface area contributed by atoms with Gasteiger partial charge in [0.1, 0.15) is 6.07 Å². The summed E-state index contributed by atoms with van der Waals surface area (Å²) >= 11 is 0. The highest BCUT2D eigenvalue weighted by Crippen LogP contribution is 2.36. The lowest BCUT2D eigenvalue weighted by Crippen LogP contribution is -2.06. The van der Waals surface area contributed by atoms with Crippen LogP contribution in [0.3, 0.4) is 0 Å². The highest BCUT2D eigenvalue weighted by atomic mass is 19.4. The van der Waals surface area contributed by atoms with Crippen LogP contribution in [0.5, 0.6) is 5.75 Å². The van der Waals surface area contributed by atoms with E-state index in [9.17, 15) is 13.2 Å². The molecule has 1 aromatic heterocycles. The molecule has 0 unspecified atom stereocenters. The molecule has 0 saturated heterocycles. The van der Waals surface area contributed by atoms with E-state index in [1.165, 1.54) is 25.4 Å². The first-order valence-corrected chi connectivity index (χ1v) is 5.78. The Morgan fingerprint density at radius 3 is 2.57 bits per heavy atom. The van der Waals surface area contributed by atoms with Crippen LogP contribution >= 0.6 is 0 Å². The van der Waals surface area contributed by atoms with E-state index < -0.39 is 11.7 Å². The first-order valence-electron chi connectivity index (χ1n) is 5.78. The highest BCUT2D eigenvalue weighted by molar-refractivity contribution is 5.77. The van der Waals surface area contributed by atoms with Gasteiger partial charge in [-0.3, -0.25) is 0 Å². The van der Waals surface area contributed by atoms with Crippen LogP contribution in [0.4, 0.5) is 18.9 Å². The van der Waals surface area contributed by atoms with Gasteiger partial charge < -0.3 is 10.5 Å². The summed E-state index contributed by atoms with van der Waals surface area (Å²) in [6.45, 7) is 0. The summed E-state index contributed by atoms with van der Waals surface area (Å²) in [4.78, 5) is 3.85. The fraction of sp³-hybridized carbons (Fsp3) is 0.143. The van der Waals surface area contributed by atoms with Gasteiger partial charge in [-0.25, -0.2) is 4.98 Å². The Morgan fingerprint density at radius 1 is 1.29 bits per heavy atom. The Hall–Kier alpha value is -2.75. The summed E-state index contributed by atoms with van der Waals surface area (Å²) in [5, 5.41) is 8.85. The molecule has 1 aromatic carbocycles. The lowest BCUT2D eigenvalue weighted by Gasteiger charge is -2.12. The van der Waals surface area contributed by atoms with Crippen LogP contribution in [-0.2, 0) is 6.18 Å². The van der Waals surface area contributed by atoms with Crippen molar-refractivity contribution in [2.45, 2.75) is 6.18 Å². The van der Waals surface area contributed by atoms with Gasteiger partial charge in [0.05, 0.1) is 12.7 Å². The predicted molar refractivity (Wildman–Crippen MR) is 70.4 cm³/mol. The number of benzene rings is 1. The van der Waals surface area contributed by atoms with Crippen molar-refractivity contribution in [3.8, 4) is 22.9 Å². The number of methoxy groups -OCH3 is 1. The van der Waals surface area contributed by atoms with E-state index in [4.69, 9.17) is 15.7 Å². The number of alkyl halides is 3. The predicted octanol–water partition coefficient (Wildman–Crippen LogP) is 3.23. The Labute approximate surface area is 118 Å². The number of rotatable bonds is 2. The van der Waals surface area contributed by atoms with Gasteiger partial charge in [0.2, 0.25) is 0 Å². The van der Waals surface area contributed by atoms with Gasteiger partial charge in [-0.15, -0.1) is 0 Å². The number of hydrogen-bond acceptors (Lipinski definition) is 4. The molecule has 108 valence electrons. The van der Waals surface area contributed by atoms with E-state index in [0.29, 0.717) is 5.56 Å². The molecule has 0 bridgehead atoms. The van der Waals surface area contributed by atoms with Crippen molar-refractivity contribution in [1.82, 2.24) is 4.98 Å². The highest BCUT2D eigenvalue weighted by Gasteiger charge is 2.31. The lowest BCUT2D eigenvalue weighted by atomic mass is 10.0. The second kappa shape index (κ2) is 5.32. The standard InChI is InChI=1S/C14H10F3N3O/c1-21-13-4-8(7-20-12(13)6-18)10-5-9(14(15,16)17)2-3-11(10)19/h2-5,7H,19H2,1H3. The second-order valence-electron chi connectivity index (χ2n) is 4.19.